The number of nitrogens with one attached hydrogen (secondary N) is 1. The zero-order valence-electron chi connectivity index (χ0n) is 17.4. The lowest BCUT2D eigenvalue weighted by atomic mass is 10.0. The summed E-state index contributed by atoms with van der Waals surface area (Å²) < 4.78 is 11.4. The van der Waals surface area contributed by atoms with Crippen LogP contribution in [0.2, 0.25) is 0 Å². The average molecular weight is 413 g/mol. The molecule has 2 aromatic carbocycles. The molecule has 0 fully saturated rings. The van der Waals surface area contributed by atoms with Gasteiger partial charge in [0.2, 0.25) is 0 Å². The molecular weight excluding hydrogens is 388 g/mol. The minimum Gasteiger partial charge on any atom is -0.428 e. The van der Waals surface area contributed by atoms with Crippen LogP contribution >= 0.6 is 11.3 Å². The number of fused-ring (bicyclic) bond motifs is 1. The average Bonchev–Trinajstić information content (AvgIpc) is 3.02. The van der Waals surface area contributed by atoms with Gasteiger partial charge in [-0.3, -0.25) is 4.79 Å². The molecule has 0 bridgehead atoms. The second-order valence-corrected chi connectivity index (χ2v) is 8.85. The van der Waals surface area contributed by atoms with E-state index in [1.54, 1.807) is 38.4 Å². The molecule has 3 rings (SSSR count). The standard InChI is InChI=1S/C22H24N2O4S/c1-12-7-13(2)19(14(3)8-12)24-20(25)15-9-18-16(23-11-29-18)10-17(15)27-21(26)28-22(4,5)6/h7-11H,1-6H3,(H,24,25). The maximum absolute atomic E-state index is 13.1. The number of carbonyl (C=O) groups excluding carboxylic acids is 2. The predicted molar refractivity (Wildman–Crippen MR) is 115 cm³/mol. The van der Waals surface area contributed by atoms with Crippen molar-refractivity contribution in [1.82, 2.24) is 4.98 Å². The molecule has 0 atom stereocenters. The van der Waals surface area contributed by atoms with Crippen LogP contribution in [0.15, 0.2) is 29.8 Å². The number of carbonyl (C=O) groups is 2. The topological polar surface area (TPSA) is 77.5 Å². The summed E-state index contributed by atoms with van der Waals surface area (Å²) >= 11 is 1.41. The fraction of sp³-hybridized carbons (Fsp3) is 0.318. The SMILES string of the molecule is Cc1cc(C)c(NC(=O)c2cc3scnc3cc2OC(=O)OC(C)(C)C)c(C)c1. The smallest absolute Gasteiger partial charge is 0.428 e. The first-order chi connectivity index (χ1) is 13.5. The van der Waals surface area contributed by atoms with E-state index in [0.29, 0.717) is 5.52 Å². The van der Waals surface area contributed by atoms with Crippen molar-refractivity contribution in [3.05, 3.63) is 52.0 Å². The van der Waals surface area contributed by atoms with Gasteiger partial charge in [-0.05, 0) is 58.7 Å². The Kier molecular flexibility index (Phi) is 5.61. The molecule has 6 nitrogen and oxygen atoms in total. The Morgan fingerprint density at radius 2 is 1.69 bits per heavy atom. The molecule has 29 heavy (non-hydrogen) atoms. The Hall–Kier alpha value is -2.93. The molecule has 152 valence electrons. The van der Waals surface area contributed by atoms with Crippen LogP contribution in [0.25, 0.3) is 10.2 Å². The molecule has 1 N–H and O–H groups in total. The molecule has 0 unspecified atom stereocenters. The fourth-order valence-electron chi connectivity index (χ4n) is 3.06. The number of rotatable bonds is 3. The second-order valence-electron chi connectivity index (χ2n) is 7.96. The van der Waals surface area contributed by atoms with Gasteiger partial charge in [-0.25, -0.2) is 9.78 Å². The molecule has 0 radical (unpaired) electrons. The minimum absolute atomic E-state index is 0.109. The third-order valence-electron chi connectivity index (χ3n) is 4.18. The van der Waals surface area contributed by atoms with E-state index in [-0.39, 0.29) is 17.2 Å². The lowest BCUT2D eigenvalue weighted by molar-refractivity contribution is 0.0205. The first kappa shape index (κ1) is 20.8. The van der Waals surface area contributed by atoms with Crippen LogP contribution in [0.4, 0.5) is 10.5 Å². The first-order valence-electron chi connectivity index (χ1n) is 9.21. The van der Waals surface area contributed by atoms with Crippen LogP contribution in [0, 0.1) is 20.8 Å². The van der Waals surface area contributed by atoms with Crippen molar-refractivity contribution >= 4 is 39.3 Å². The Bertz CT molecular complexity index is 1070. The van der Waals surface area contributed by atoms with Crippen molar-refractivity contribution in [2.45, 2.75) is 47.1 Å². The molecule has 0 aliphatic heterocycles. The third kappa shape index (κ3) is 4.92. The maximum atomic E-state index is 13.1. The number of hydrogen-bond acceptors (Lipinski definition) is 6. The van der Waals surface area contributed by atoms with E-state index in [9.17, 15) is 9.59 Å². The largest absolute Gasteiger partial charge is 0.514 e. The highest BCUT2D eigenvalue weighted by atomic mass is 32.1. The lowest BCUT2D eigenvalue weighted by Gasteiger charge is -2.19. The molecule has 0 saturated carbocycles. The quantitative estimate of drug-likeness (QED) is 0.435. The number of aryl methyl sites for hydroxylation is 3. The van der Waals surface area contributed by atoms with Crippen LogP contribution in [0.3, 0.4) is 0 Å². The van der Waals surface area contributed by atoms with Gasteiger partial charge in [0.15, 0.2) is 0 Å². The zero-order valence-corrected chi connectivity index (χ0v) is 18.2. The molecule has 1 aromatic heterocycles. The van der Waals surface area contributed by atoms with Gasteiger partial charge in [0.05, 0.1) is 21.3 Å². The lowest BCUT2D eigenvalue weighted by Crippen LogP contribution is -2.26. The van der Waals surface area contributed by atoms with Crippen LogP contribution < -0.4 is 10.1 Å². The summed E-state index contributed by atoms with van der Waals surface area (Å²) in [6.45, 7) is 11.1. The highest BCUT2D eigenvalue weighted by Gasteiger charge is 2.23. The van der Waals surface area contributed by atoms with Gasteiger partial charge in [-0.2, -0.15) is 0 Å². The fourth-order valence-corrected chi connectivity index (χ4v) is 3.76. The zero-order chi connectivity index (χ0) is 21.3. The van der Waals surface area contributed by atoms with Crippen LogP contribution in [0.1, 0.15) is 47.8 Å². The van der Waals surface area contributed by atoms with E-state index >= 15 is 0 Å². The van der Waals surface area contributed by atoms with Crippen molar-refractivity contribution in [2.75, 3.05) is 5.32 Å². The Morgan fingerprint density at radius 3 is 2.31 bits per heavy atom. The number of benzene rings is 2. The van der Waals surface area contributed by atoms with E-state index < -0.39 is 11.8 Å². The van der Waals surface area contributed by atoms with Crippen molar-refractivity contribution in [3.63, 3.8) is 0 Å². The maximum Gasteiger partial charge on any atom is 0.514 e. The molecule has 7 heteroatoms. The van der Waals surface area contributed by atoms with E-state index in [2.05, 4.69) is 10.3 Å². The van der Waals surface area contributed by atoms with E-state index in [4.69, 9.17) is 9.47 Å². The predicted octanol–water partition coefficient (Wildman–Crippen LogP) is 5.79. The number of hydrogen-bond donors (Lipinski definition) is 1. The number of amides is 1. The van der Waals surface area contributed by atoms with E-state index in [0.717, 1.165) is 27.1 Å². The van der Waals surface area contributed by atoms with Gasteiger partial charge >= 0.3 is 6.16 Å². The summed E-state index contributed by atoms with van der Waals surface area (Å²) in [7, 11) is 0. The normalized spacial score (nSPS) is 11.4. The van der Waals surface area contributed by atoms with Crippen LogP contribution in [-0.4, -0.2) is 22.6 Å². The highest BCUT2D eigenvalue weighted by Crippen LogP contribution is 2.30. The van der Waals surface area contributed by atoms with Crippen molar-refractivity contribution in [2.24, 2.45) is 0 Å². The summed E-state index contributed by atoms with van der Waals surface area (Å²) in [6.07, 6.45) is -0.871. The van der Waals surface area contributed by atoms with Crippen molar-refractivity contribution < 1.29 is 19.1 Å². The van der Waals surface area contributed by atoms with Crippen LogP contribution in [-0.2, 0) is 4.74 Å². The summed E-state index contributed by atoms with van der Waals surface area (Å²) in [4.78, 5) is 29.5. The van der Waals surface area contributed by atoms with Gasteiger partial charge in [-0.15, -0.1) is 11.3 Å². The summed E-state index contributed by atoms with van der Waals surface area (Å²) in [6, 6.07) is 7.28. The van der Waals surface area contributed by atoms with E-state index in [1.807, 2.05) is 32.9 Å². The summed E-state index contributed by atoms with van der Waals surface area (Å²) in [5, 5.41) is 2.95. The molecule has 0 aliphatic carbocycles. The number of aromatic nitrogens is 1. The molecular formula is C22H24N2O4S. The monoisotopic (exact) mass is 412 g/mol. The van der Waals surface area contributed by atoms with E-state index in [1.165, 1.54) is 11.3 Å². The number of ether oxygens (including phenoxy) is 2. The van der Waals surface area contributed by atoms with Gasteiger partial charge in [0.1, 0.15) is 11.4 Å². The third-order valence-corrected chi connectivity index (χ3v) is 4.97. The first-order valence-corrected chi connectivity index (χ1v) is 10.1. The van der Waals surface area contributed by atoms with Crippen molar-refractivity contribution in [1.29, 1.82) is 0 Å². The number of anilines is 1. The Balaban J connectivity index is 1.97. The minimum atomic E-state index is -0.871. The van der Waals surface area contributed by atoms with Gasteiger partial charge in [0, 0.05) is 11.8 Å². The molecule has 3 aromatic rings. The van der Waals surface area contributed by atoms with Gasteiger partial charge < -0.3 is 14.8 Å². The van der Waals surface area contributed by atoms with Gasteiger partial charge in [0.25, 0.3) is 5.91 Å². The molecule has 1 amide bonds. The Labute approximate surface area is 173 Å². The second kappa shape index (κ2) is 7.83. The van der Waals surface area contributed by atoms with Gasteiger partial charge in [-0.1, -0.05) is 17.7 Å². The molecule has 1 heterocycles. The summed E-state index contributed by atoms with van der Waals surface area (Å²) in [5.74, 6) is -0.258. The highest BCUT2D eigenvalue weighted by molar-refractivity contribution is 7.16. The van der Waals surface area contributed by atoms with Crippen LogP contribution in [0.5, 0.6) is 5.75 Å². The molecule has 0 aliphatic rings. The molecule has 0 spiro atoms. The number of nitrogens with zero attached hydrogens (tertiary/aromatic N) is 1. The molecule has 0 saturated heterocycles. The summed E-state index contributed by atoms with van der Waals surface area (Å²) in [5.41, 5.74) is 5.65. The van der Waals surface area contributed by atoms with Crippen molar-refractivity contribution in [3.8, 4) is 5.75 Å². The Morgan fingerprint density at radius 1 is 1.03 bits per heavy atom. The number of thiazole rings is 1.